The third kappa shape index (κ3) is 5.59. The van der Waals surface area contributed by atoms with Crippen LogP contribution < -0.4 is 4.43 Å². The predicted octanol–water partition coefficient (Wildman–Crippen LogP) is 9.74. The fourth-order valence-electron chi connectivity index (χ4n) is 7.44. The zero-order valence-corrected chi connectivity index (χ0v) is 30.7. The highest BCUT2D eigenvalue weighted by atomic mass is 28.3. The van der Waals surface area contributed by atoms with Gasteiger partial charge in [-0.25, -0.2) is 4.98 Å². The molecular formula is C43H48N2O2Si. The molecule has 0 aliphatic heterocycles. The van der Waals surface area contributed by atoms with Crippen LogP contribution in [0.2, 0.25) is 13.1 Å². The highest BCUT2D eigenvalue weighted by Crippen LogP contribution is 2.47. The van der Waals surface area contributed by atoms with Crippen LogP contribution in [0, 0.1) is 12.8 Å². The van der Waals surface area contributed by atoms with E-state index in [0.29, 0.717) is 5.69 Å². The third-order valence-corrected chi connectivity index (χ3v) is 10.5. The van der Waals surface area contributed by atoms with Crippen LogP contribution in [0.1, 0.15) is 73.7 Å². The van der Waals surface area contributed by atoms with Gasteiger partial charge in [0.25, 0.3) is 0 Å². The van der Waals surface area contributed by atoms with Crippen LogP contribution in [-0.4, -0.2) is 23.7 Å². The Morgan fingerprint density at radius 2 is 1.17 bits per heavy atom. The van der Waals surface area contributed by atoms with Crippen molar-refractivity contribution in [3.63, 3.8) is 0 Å². The van der Waals surface area contributed by atoms with Gasteiger partial charge in [-0.2, -0.15) is 0 Å². The summed E-state index contributed by atoms with van der Waals surface area (Å²) in [6, 6.07) is 40.3. The maximum absolute atomic E-state index is 13.1. The van der Waals surface area contributed by atoms with Gasteiger partial charge >= 0.3 is 0 Å². The van der Waals surface area contributed by atoms with E-state index in [4.69, 9.17) is 9.41 Å². The van der Waals surface area contributed by atoms with E-state index in [0.717, 1.165) is 38.8 Å². The van der Waals surface area contributed by atoms with E-state index in [1.807, 2.05) is 30.7 Å². The van der Waals surface area contributed by atoms with E-state index in [1.54, 1.807) is 0 Å². The van der Waals surface area contributed by atoms with E-state index >= 15 is 0 Å². The molecule has 0 saturated carbocycles. The average Bonchev–Trinajstić information content (AvgIpc) is 3.57. The number of aliphatic hydroxyl groups is 1. The standard InChI is InChI=1S/C43H48N2O2Si/c1-30(2)43(46,38-27-24-35-31(3)37(41(4,5)6)26-25-36(35)40(38)47-48(7)8)39-28-45(29-44-39)42(32-18-12-9-13-19-32,33-20-14-10-15-21-33)34-22-16-11-17-23-34/h9-30,46,48H,1-8H3. The molecule has 1 aromatic heterocycles. The quantitative estimate of drug-likeness (QED) is 0.125. The van der Waals surface area contributed by atoms with Gasteiger partial charge in [-0.05, 0) is 64.6 Å². The molecule has 48 heavy (non-hydrogen) atoms. The van der Waals surface area contributed by atoms with Gasteiger partial charge in [0.2, 0.25) is 9.04 Å². The summed E-state index contributed by atoms with van der Waals surface area (Å²) in [6.45, 7) is 17.4. The Morgan fingerprint density at radius 3 is 1.62 bits per heavy atom. The lowest BCUT2D eigenvalue weighted by molar-refractivity contribution is 0.0265. The van der Waals surface area contributed by atoms with E-state index in [2.05, 4.69) is 156 Å². The second-order valence-electron chi connectivity index (χ2n) is 14.6. The summed E-state index contributed by atoms with van der Waals surface area (Å²) in [4.78, 5) is 5.06. The maximum Gasteiger partial charge on any atom is 0.229 e. The van der Waals surface area contributed by atoms with E-state index in [1.165, 1.54) is 11.1 Å². The van der Waals surface area contributed by atoms with Gasteiger partial charge in [0.15, 0.2) is 0 Å². The minimum absolute atomic E-state index is 0.0129. The third-order valence-electron chi connectivity index (χ3n) is 9.76. The number of aryl methyl sites for hydroxylation is 1. The van der Waals surface area contributed by atoms with Crippen LogP contribution >= 0.6 is 0 Å². The lowest BCUT2D eigenvalue weighted by Crippen LogP contribution is -2.38. The summed E-state index contributed by atoms with van der Waals surface area (Å²) in [5.41, 5.74) is 5.06. The Labute approximate surface area is 287 Å². The Balaban J connectivity index is 1.62. The van der Waals surface area contributed by atoms with Crippen molar-refractivity contribution < 1.29 is 9.53 Å². The smallest absolute Gasteiger partial charge is 0.229 e. The van der Waals surface area contributed by atoms with Gasteiger partial charge in [-0.15, -0.1) is 0 Å². The van der Waals surface area contributed by atoms with Gasteiger partial charge < -0.3 is 14.1 Å². The fraction of sp³-hybridized carbons (Fsp3) is 0.279. The summed E-state index contributed by atoms with van der Waals surface area (Å²) in [5.74, 6) is 0.563. The molecular weight excluding hydrogens is 605 g/mol. The number of fused-ring (bicyclic) bond motifs is 1. The first-order valence-electron chi connectivity index (χ1n) is 17.1. The Morgan fingerprint density at radius 1 is 0.688 bits per heavy atom. The molecule has 4 nitrogen and oxygen atoms in total. The largest absolute Gasteiger partial charge is 0.546 e. The predicted molar refractivity (Wildman–Crippen MR) is 202 cm³/mol. The first kappa shape index (κ1) is 33.4. The average molecular weight is 653 g/mol. The van der Waals surface area contributed by atoms with Gasteiger partial charge in [0, 0.05) is 17.1 Å². The van der Waals surface area contributed by atoms with Crippen LogP contribution in [0.25, 0.3) is 10.8 Å². The van der Waals surface area contributed by atoms with Gasteiger partial charge in [0.1, 0.15) is 16.9 Å². The molecule has 5 aromatic carbocycles. The van der Waals surface area contributed by atoms with Crippen LogP contribution in [0.4, 0.5) is 0 Å². The van der Waals surface area contributed by atoms with Crippen LogP contribution in [0.15, 0.2) is 128 Å². The van der Waals surface area contributed by atoms with Crippen molar-refractivity contribution in [2.75, 3.05) is 0 Å². The number of hydrogen-bond acceptors (Lipinski definition) is 3. The van der Waals surface area contributed by atoms with E-state index < -0.39 is 20.2 Å². The first-order chi connectivity index (χ1) is 22.9. The highest BCUT2D eigenvalue weighted by Gasteiger charge is 2.44. The van der Waals surface area contributed by atoms with E-state index in [9.17, 15) is 5.11 Å². The summed E-state index contributed by atoms with van der Waals surface area (Å²) < 4.78 is 8.96. The zero-order chi connectivity index (χ0) is 34.3. The zero-order valence-electron chi connectivity index (χ0n) is 29.5. The molecule has 0 bridgehead atoms. The van der Waals surface area contributed by atoms with Crippen molar-refractivity contribution in [3.8, 4) is 5.75 Å². The molecule has 0 spiro atoms. The molecule has 246 valence electrons. The topological polar surface area (TPSA) is 47.3 Å². The molecule has 6 aromatic rings. The number of imidazole rings is 1. The highest BCUT2D eigenvalue weighted by molar-refractivity contribution is 6.49. The van der Waals surface area contributed by atoms with Gasteiger partial charge in [0.05, 0.1) is 12.0 Å². The molecule has 0 fully saturated rings. The number of nitrogens with zero attached hydrogens (tertiary/aromatic N) is 2. The molecule has 6 rings (SSSR count). The van der Waals surface area contributed by atoms with Crippen molar-refractivity contribution in [2.45, 2.75) is 71.2 Å². The molecule has 1 N–H and O–H groups in total. The Kier molecular flexibility index (Phi) is 8.97. The van der Waals surface area contributed by atoms with Crippen LogP contribution in [0.3, 0.4) is 0 Å². The molecule has 1 unspecified atom stereocenters. The van der Waals surface area contributed by atoms with Crippen LogP contribution in [0.5, 0.6) is 5.75 Å². The molecule has 0 aliphatic carbocycles. The van der Waals surface area contributed by atoms with Crippen molar-refractivity contribution in [1.82, 2.24) is 9.55 Å². The van der Waals surface area contributed by atoms with Gasteiger partial charge in [-0.3, -0.25) is 0 Å². The molecule has 0 radical (unpaired) electrons. The van der Waals surface area contributed by atoms with Crippen molar-refractivity contribution in [3.05, 3.63) is 167 Å². The molecule has 0 saturated heterocycles. The van der Waals surface area contributed by atoms with Crippen molar-refractivity contribution in [1.29, 1.82) is 0 Å². The number of benzene rings is 5. The van der Waals surface area contributed by atoms with E-state index in [-0.39, 0.29) is 11.3 Å². The number of rotatable bonds is 9. The minimum atomic E-state index is -1.57. The molecule has 1 heterocycles. The fourth-order valence-corrected chi connectivity index (χ4v) is 8.16. The van der Waals surface area contributed by atoms with Crippen molar-refractivity contribution >= 4 is 19.8 Å². The van der Waals surface area contributed by atoms with Gasteiger partial charge in [-0.1, -0.05) is 150 Å². The normalized spacial score (nSPS) is 13.6. The Hall–Kier alpha value is -4.45. The monoisotopic (exact) mass is 652 g/mol. The maximum atomic E-state index is 13.1. The lowest BCUT2D eigenvalue weighted by atomic mass is 9.76. The SMILES string of the molecule is Cc1c(C(C)(C)C)ccc2c(O[SiH](C)C)c(C(O)(c3cn(C(c4ccccc4)(c4ccccc4)c4ccccc4)cn3)C(C)C)ccc12. The minimum Gasteiger partial charge on any atom is -0.546 e. The second-order valence-corrected chi connectivity index (χ2v) is 16.9. The first-order valence-corrected chi connectivity index (χ1v) is 19.9. The number of aromatic nitrogens is 2. The van der Waals surface area contributed by atoms with Crippen LogP contribution in [-0.2, 0) is 16.6 Å². The summed E-state index contributed by atoms with van der Waals surface area (Å²) in [7, 11) is -1.57. The lowest BCUT2D eigenvalue weighted by Gasteiger charge is -2.38. The molecule has 0 aliphatic rings. The Bertz CT molecular complexity index is 1910. The number of hydrogen-bond donors (Lipinski definition) is 1. The molecule has 5 heteroatoms. The van der Waals surface area contributed by atoms with Crippen molar-refractivity contribution in [2.24, 2.45) is 5.92 Å². The summed E-state index contributed by atoms with van der Waals surface area (Å²) >= 11 is 0. The summed E-state index contributed by atoms with van der Waals surface area (Å²) in [5, 5.41) is 15.3. The second kappa shape index (κ2) is 12.9. The molecule has 1 atom stereocenters. The summed E-state index contributed by atoms with van der Waals surface area (Å²) in [6.07, 6.45) is 3.93. The molecule has 0 amide bonds.